The van der Waals surface area contributed by atoms with Crippen LogP contribution in [-0.2, 0) is 6.42 Å². The molecule has 0 heterocycles. The highest BCUT2D eigenvalue weighted by atomic mass is 79.9. The molecule has 0 aliphatic heterocycles. The van der Waals surface area contributed by atoms with Crippen LogP contribution >= 0.6 is 27.5 Å². The van der Waals surface area contributed by atoms with Crippen molar-refractivity contribution < 1.29 is 5.11 Å². The van der Waals surface area contributed by atoms with Crippen molar-refractivity contribution in [1.29, 1.82) is 0 Å². The summed E-state index contributed by atoms with van der Waals surface area (Å²) in [5.41, 5.74) is 6.21. The number of halogens is 2. The molecule has 13 heavy (non-hydrogen) atoms. The first-order valence-electron chi connectivity index (χ1n) is 4.02. The molecule has 2 nitrogen and oxygen atoms in total. The van der Waals surface area contributed by atoms with E-state index in [0.29, 0.717) is 16.0 Å². The van der Waals surface area contributed by atoms with Crippen molar-refractivity contribution in [2.24, 2.45) is 5.73 Å². The molecule has 0 bridgehead atoms. The molecule has 0 aromatic heterocycles. The molecule has 1 rings (SSSR count). The van der Waals surface area contributed by atoms with Gasteiger partial charge in [0.25, 0.3) is 0 Å². The van der Waals surface area contributed by atoms with Crippen molar-refractivity contribution in [3.05, 3.63) is 27.2 Å². The predicted octanol–water partition coefficient (Wildman–Crippen LogP) is 2.70. The molecular weight excluding hydrogens is 253 g/mol. The van der Waals surface area contributed by atoms with Crippen molar-refractivity contribution >= 4 is 27.5 Å². The van der Waals surface area contributed by atoms with Crippen molar-refractivity contribution in [3.8, 4) is 5.75 Å². The molecule has 0 spiro atoms. The summed E-state index contributed by atoms with van der Waals surface area (Å²) in [6.07, 6.45) is 1.60. The third-order valence-electron chi connectivity index (χ3n) is 1.76. The van der Waals surface area contributed by atoms with Gasteiger partial charge in [-0.1, -0.05) is 11.6 Å². The Morgan fingerprint density at radius 1 is 1.46 bits per heavy atom. The molecule has 0 aliphatic rings. The number of nitrogens with two attached hydrogens (primary N) is 1. The Kier molecular flexibility index (Phi) is 4.03. The van der Waals surface area contributed by atoms with Crippen LogP contribution < -0.4 is 5.73 Å². The minimum atomic E-state index is 0.262. The number of hydrogen-bond donors (Lipinski definition) is 2. The Labute approximate surface area is 90.8 Å². The number of rotatable bonds is 3. The van der Waals surface area contributed by atoms with E-state index >= 15 is 0 Å². The molecule has 0 fully saturated rings. The van der Waals surface area contributed by atoms with Crippen LogP contribution in [-0.4, -0.2) is 11.7 Å². The van der Waals surface area contributed by atoms with E-state index in [9.17, 15) is 5.11 Å². The third kappa shape index (κ3) is 2.86. The Morgan fingerprint density at radius 2 is 2.15 bits per heavy atom. The van der Waals surface area contributed by atoms with Crippen molar-refractivity contribution in [2.75, 3.05) is 6.54 Å². The molecule has 1 aromatic carbocycles. The Balaban J connectivity index is 2.92. The van der Waals surface area contributed by atoms with Crippen LogP contribution in [0.2, 0.25) is 5.02 Å². The molecule has 0 unspecified atom stereocenters. The molecule has 4 heteroatoms. The maximum absolute atomic E-state index is 9.60. The zero-order chi connectivity index (χ0) is 9.84. The van der Waals surface area contributed by atoms with Crippen LogP contribution in [0.3, 0.4) is 0 Å². The average molecular weight is 265 g/mol. The summed E-state index contributed by atoms with van der Waals surface area (Å²) in [6.45, 7) is 0.615. The topological polar surface area (TPSA) is 46.2 Å². The van der Waals surface area contributed by atoms with E-state index in [2.05, 4.69) is 15.9 Å². The normalized spacial score (nSPS) is 10.4. The van der Waals surface area contributed by atoms with E-state index < -0.39 is 0 Å². The quantitative estimate of drug-likeness (QED) is 0.882. The standard InChI is InChI=1S/C9H11BrClNO/c10-8-5-7(11)4-6(9(8)13)2-1-3-12/h4-5,13H,1-3,12H2. The number of aromatic hydroxyl groups is 1. The molecule has 0 atom stereocenters. The van der Waals surface area contributed by atoms with E-state index in [1.807, 2.05) is 0 Å². The van der Waals surface area contributed by atoms with Crippen LogP contribution in [0, 0.1) is 0 Å². The summed E-state index contributed by atoms with van der Waals surface area (Å²) in [5.74, 6) is 0.262. The smallest absolute Gasteiger partial charge is 0.133 e. The second kappa shape index (κ2) is 4.84. The van der Waals surface area contributed by atoms with E-state index in [4.69, 9.17) is 17.3 Å². The largest absolute Gasteiger partial charge is 0.506 e. The molecule has 1 aromatic rings. The molecule has 3 N–H and O–H groups in total. The van der Waals surface area contributed by atoms with E-state index in [0.717, 1.165) is 18.4 Å². The molecule has 72 valence electrons. The molecule has 0 saturated carbocycles. The monoisotopic (exact) mass is 263 g/mol. The van der Waals surface area contributed by atoms with Crippen LogP contribution in [0.4, 0.5) is 0 Å². The first-order valence-corrected chi connectivity index (χ1v) is 5.19. The molecule has 0 amide bonds. The summed E-state index contributed by atoms with van der Waals surface area (Å²) in [5, 5.41) is 10.2. The molecule has 0 aliphatic carbocycles. The number of phenolic OH excluding ortho intramolecular Hbond substituents is 1. The SMILES string of the molecule is NCCCc1cc(Cl)cc(Br)c1O. The van der Waals surface area contributed by atoms with E-state index in [1.165, 1.54) is 0 Å². The fourth-order valence-electron chi connectivity index (χ4n) is 1.10. The van der Waals surface area contributed by atoms with Gasteiger partial charge in [0.2, 0.25) is 0 Å². The lowest BCUT2D eigenvalue weighted by Crippen LogP contribution is -2.00. The maximum Gasteiger partial charge on any atom is 0.133 e. The number of phenols is 1. The average Bonchev–Trinajstić information content (AvgIpc) is 2.09. The minimum Gasteiger partial charge on any atom is -0.506 e. The number of hydrogen-bond acceptors (Lipinski definition) is 2. The lowest BCUT2D eigenvalue weighted by molar-refractivity contribution is 0.464. The van der Waals surface area contributed by atoms with Gasteiger partial charge < -0.3 is 10.8 Å². The second-order valence-electron chi connectivity index (χ2n) is 2.79. The Morgan fingerprint density at radius 3 is 2.77 bits per heavy atom. The zero-order valence-electron chi connectivity index (χ0n) is 7.06. The fraction of sp³-hybridized carbons (Fsp3) is 0.333. The highest BCUT2D eigenvalue weighted by Crippen LogP contribution is 2.31. The van der Waals surface area contributed by atoms with Crippen LogP contribution in [0.5, 0.6) is 5.75 Å². The van der Waals surface area contributed by atoms with Crippen LogP contribution in [0.1, 0.15) is 12.0 Å². The van der Waals surface area contributed by atoms with Gasteiger partial charge in [-0.25, -0.2) is 0 Å². The third-order valence-corrected chi connectivity index (χ3v) is 2.58. The first kappa shape index (κ1) is 10.8. The van der Waals surface area contributed by atoms with Crippen LogP contribution in [0.25, 0.3) is 0 Å². The molecule has 0 saturated heterocycles. The summed E-state index contributed by atoms with van der Waals surface area (Å²) in [4.78, 5) is 0. The zero-order valence-corrected chi connectivity index (χ0v) is 9.40. The van der Waals surface area contributed by atoms with Gasteiger partial charge >= 0.3 is 0 Å². The number of benzene rings is 1. The highest BCUT2D eigenvalue weighted by Gasteiger charge is 2.06. The Bertz CT molecular complexity index is 304. The Hall–Kier alpha value is -0.250. The van der Waals surface area contributed by atoms with Gasteiger partial charge in [0.1, 0.15) is 5.75 Å². The van der Waals surface area contributed by atoms with Gasteiger partial charge in [-0.05, 0) is 53.0 Å². The highest BCUT2D eigenvalue weighted by molar-refractivity contribution is 9.10. The summed E-state index contributed by atoms with van der Waals surface area (Å²) < 4.78 is 0.632. The minimum absolute atomic E-state index is 0.262. The number of aryl methyl sites for hydroxylation is 1. The van der Waals surface area contributed by atoms with Crippen molar-refractivity contribution in [3.63, 3.8) is 0 Å². The second-order valence-corrected chi connectivity index (χ2v) is 4.08. The predicted molar refractivity (Wildman–Crippen MR) is 58.2 cm³/mol. The van der Waals surface area contributed by atoms with E-state index in [-0.39, 0.29) is 5.75 Å². The fourth-order valence-corrected chi connectivity index (χ4v) is 1.98. The first-order chi connectivity index (χ1) is 6.15. The van der Waals surface area contributed by atoms with Gasteiger partial charge in [-0.15, -0.1) is 0 Å². The maximum atomic E-state index is 9.60. The summed E-state index contributed by atoms with van der Waals surface area (Å²) in [6, 6.07) is 3.43. The van der Waals surface area contributed by atoms with Gasteiger partial charge in [0.05, 0.1) is 4.47 Å². The van der Waals surface area contributed by atoms with Gasteiger partial charge in [0, 0.05) is 5.02 Å². The van der Waals surface area contributed by atoms with Gasteiger partial charge in [-0.2, -0.15) is 0 Å². The molecular formula is C9H11BrClNO. The van der Waals surface area contributed by atoms with Crippen LogP contribution in [0.15, 0.2) is 16.6 Å². The lowest BCUT2D eigenvalue weighted by Gasteiger charge is -2.06. The van der Waals surface area contributed by atoms with Gasteiger partial charge in [-0.3, -0.25) is 0 Å². The molecule has 0 radical (unpaired) electrons. The van der Waals surface area contributed by atoms with Crippen molar-refractivity contribution in [2.45, 2.75) is 12.8 Å². The van der Waals surface area contributed by atoms with E-state index in [1.54, 1.807) is 12.1 Å². The van der Waals surface area contributed by atoms with Gasteiger partial charge in [0.15, 0.2) is 0 Å². The summed E-state index contributed by atoms with van der Waals surface area (Å²) >= 11 is 9.05. The lowest BCUT2D eigenvalue weighted by atomic mass is 10.1. The van der Waals surface area contributed by atoms with Crippen molar-refractivity contribution in [1.82, 2.24) is 0 Å². The summed E-state index contributed by atoms with van der Waals surface area (Å²) in [7, 11) is 0.